The van der Waals surface area contributed by atoms with Crippen molar-refractivity contribution in [2.24, 2.45) is 10.9 Å². The van der Waals surface area contributed by atoms with Crippen LogP contribution in [0.1, 0.15) is 60.2 Å². The second-order valence-electron chi connectivity index (χ2n) is 7.67. The number of fused-ring (bicyclic) bond motifs is 1. The van der Waals surface area contributed by atoms with Crippen LogP contribution in [-0.4, -0.2) is 28.1 Å². The van der Waals surface area contributed by atoms with Gasteiger partial charge in [-0.3, -0.25) is 19.8 Å². The minimum absolute atomic E-state index is 0.0666. The Labute approximate surface area is 160 Å². The highest BCUT2D eigenvalue weighted by atomic mass is 16.1. The third-order valence-corrected chi connectivity index (χ3v) is 5.53. The Morgan fingerprint density at radius 1 is 1.19 bits per heavy atom. The maximum atomic E-state index is 12.3. The number of aliphatic imine (C=N–C) groups is 1. The highest BCUT2D eigenvalue weighted by molar-refractivity contribution is 6.15. The lowest BCUT2D eigenvalue weighted by atomic mass is 9.89. The SMILES string of the molecule is Cc1cc(C2=NCc3cc(CC(=O)NCC4CCCCC4)ncc32)ccn1. The third-order valence-electron chi connectivity index (χ3n) is 5.53. The number of carbonyl (C=O) groups excluding carboxylic acids is 1. The molecule has 1 aliphatic heterocycles. The maximum Gasteiger partial charge on any atom is 0.226 e. The Morgan fingerprint density at radius 2 is 2.04 bits per heavy atom. The molecule has 3 heterocycles. The van der Waals surface area contributed by atoms with Crippen molar-refractivity contribution in [3.8, 4) is 0 Å². The van der Waals surface area contributed by atoms with E-state index in [4.69, 9.17) is 0 Å². The minimum atomic E-state index is 0.0666. The second-order valence-corrected chi connectivity index (χ2v) is 7.67. The molecule has 0 unspecified atom stereocenters. The molecule has 5 nitrogen and oxygen atoms in total. The van der Waals surface area contributed by atoms with Gasteiger partial charge in [0.2, 0.25) is 5.91 Å². The highest BCUT2D eigenvalue weighted by Gasteiger charge is 2.20. The van der Waals surface area contributed by atoms with Gasteiger partial charge in [-0.2, -0.15) is 0 Å². The van der Waals surface area contributed by atoms with Gasteiger partial charge in [-0.05, 0) is 49.4 Å². The Bertz CT molecular complexity index is 868. The molecule has 0 aromatic carbocycles. The molecule has 140 valence electrons. The smallest absolute Gasteiger partial charge is 0.226 e. The zero-order valence-corrected chi connectivity index (χ0v) is 15.9. The summed E-state index contributed by atoms with van der Waals surface area (Å²) in [4.78, 5) is 25.7. The number of aryl methyl sites for hydroxylation is 1. The summed E-state index contributed by atoms with van der Waals surface area (Å²) in [7, 11) is 0. The Kier molecular flexibility index (Phi) is 5.28. The topological polar surface area (TPSA) is 67.2 Å². The van der Waals surface area contributed by atoms with Crippen LogP contribution in [0.5, 0.6) is 0 Å². The Morgan fingerprint density at radius 3 is 2.85 bits per heavy atom. The number of amides is 1. The van der Waals surface area contributed by atoms with Gasteiger partial charge in [0.1, 0.15) is 0 Å². The molecular formula is C22H26N4O. The molecule has 1 fully saturated rings. The normalized spacial score (nSPS) is 16.7. The predicted molar refractivity (Wildman–Crippen MR) is 106 cm³/mol. The number of hydrogen-bond donors (Lipinski definition) is 1. The lowest BCUT2D eigenvalue weighted by molar-refractivity contribution is -0.120. The van der Waals surface area contributed by atoms with Crippen molar-refractivity contribution < 1.29 is 4.79 Å². The summed E-state index contributed by atoms with van der Waals surface area (Å²) in [6, 6.07) is 6.05. The summed E-state index contributed by atoms with van der Waals surface area (Å²) >= 11 is 0. The van der Waals surface area contributed by atoms with Crippen molar-refractivity contribution in [1.82, 2.24) is 15.3 Å². The van der Waals surface area contributed by atoms with Crippen molar-refractivity contribution in [2.45, 2.75) is 52.0 Å². The fraction of sp³-hybridized carbons (Fsp3) is 0.455. The third kappa shape index (κ3) is 4.24. The molecule has 27 heavy (non-hydrogen) atoms. The molecule has 2 aromatic heterocycles. The summed E-state index contributed by atoms with van der Waals surface area (Å²) < 4.78 is 0. The number of rotatable bonds is 5. The Balaban J connectivity index is 1.38. The number of nitrogens with zero attached hydrogens (tertiary/aromatic N) is 3. The van der Waals surface area contributed by atoms with E-state index in [2.05, 4.69) is 20.3 Å². The Hall–Kier alpha value is -2.56. The van der Waals surface area contributed by atoms with Crippen LogP contribution >= 0.6 is 0 Å². The molecule has 4 rings (SSSR count). The fourth-order valence-corrected chi connectivity index (χ4v) is 4.05. The molecule has 1 aliphatic carbocycles. The van der Waals surface area contributed by atoms with E-state index in [9.17, 15) is 4.79 Å². The van der Waals surface area contributed by atoms with Crippen molar-refractivity contribution in [3.05, 3.63) is 58.7 Å². The average Bonchev–Trinajstić information content (AvgIpc) is 3.10. The zero-order valence-electron chi connectivity index (χ0n) is 15.9. The first-order valence-electron chi connectivity index (χ1n) is 9.91. The number of carbonyl (C=O) groups is 1. The number of nitrogens with one attached hydrogen (secondary N) is 1. The quantitative estimate of drug-likeness (QED) is 0.887. The summed E-state index contributed by atoms with van der Waals surface area (Å²) in [5, 5.41) is 3.09. The molecule has 2 aromatic rings. The standard InChI is InChI=1S/C22H26N4O/c1-15-9-17(7-8-23-15)22-20-14-24-19(10-18(20)13-26-22)11-21(27)25-12-16-5-3-2-4-6-16/h7-10,14,16H,2-6,11-13H2,1H3,(H,25,27). The van der Waals surface area contributed by atoms with Crippen LogP contribution in [0.4, 0.5) is 0 Å². The van der Waals surface area contributed by atoms with Crippen molar-refractivity contribution in [1.29, 1.82) is 0 Å². The molecule has 2 aliphatic rings. The summed E-state index contributed by atoms with van der Waals surface area (Å²) in [5.74, 6) is 0.715. The van der Waals surface area contributed by atoms with E-state index < -0.39 is 0 Å². The molecule has 1 saturated carbocycles. The van der Waals surface area contributed by atoms with Gasteiger partial charge in [-0.1, -0.05) is 19.3 Å². The van der Waals surface area contributed by atoms with Gasteiger partial charge in [0.05, 0.1) is 24.4 Å². The molecule has 1 N–H and O–H groups in total. The van der Waals surface area contributed by atoms with Crippen molar-refractivity contribution in [3.63, 3.8) is 0 Å². The molecule has 0 radical (unpaired) electrons. The van der Waals surface area contributed by atoms with Crippen LogP contribution in [0.15, 0.2) is 35.6 Å². The van der Waals surface area contributed by atoms with Crippen LogP contribution in [0.3, 0.4) is 0 Å². The summed E-state index contributed by atoms with van der Waals surface area (Å²) in [5.41, 5.74) is 6.04. The minimum Gasteiger partial charge on any atom is -0.355 e. The highest BCUT2D eigenvalue weighted by Crippen LogP contribution is 2.24. The van der Waals surface area contributed by atoms with Gasteiger partial charge >= 0.3 is 0 Å². The van der Waals surface area contributed by atoms with E-state index >= 15 is 0 Å². The number of hydrogen-bond acceptors (Lipinski definition) is 4. The van der Waals surface area contributed by atoms with Crippen molar-refractivity contribution in [2.75, 3.05) is 6.54 Å². The lowest BCUT2D eigenvalue weighted by Gasteiger charge is -2.21. The number of aromatic nitrogens is 2. The van der Waals surface area contributed by atoms with Crippen LogP contribution in [-0.2, 0) is 17.8 Å². The van der Waals surface area contributed by atoms with Gasteiger partial charge in [-0.15, -0.1) is 0 Å². The van der Waals surface area contributed by atoms with E-state index in [0.29, 0.717) is 18.9 Å². The summed E-state index contributed by atoms with van der Waals surface area (Å²) in [6.45, 7) is 3.43. The fourth-order valence-electron chi connectivity index (χ4n) is 4.05. The van der Waals surface area contributed by atoms with Gasteiger partial charge in [0.15, 0.2) is 0 Å². The van der Waals surface area contributed by atoms with Crippen LogP contribution in [0, 0.1) is 12.8 Å². The molecule has 0 spiro atoms. The molecule has 0 atom stereocenters. The van der Waals surface area contributed by atoms with Crippen molar-refractivity contribution >= 4 is 11.6 Å². The van der Waals surface area contributed by atoms with Gasteiger partial charge in [0, 0.05) is 35.8 Å². The first-order valence-corrected chi connectivity index (χ1v) is 9.91. The average molecular weight is 362 g/mol. The lowest BCUT2D eigenvalue weighted by Crippen LogP contribution is -2.31. The van der Waals surface area contributed by atoms with E-state index in [1.165, 1.54) is 32.1 Å². The maximum absolute atomic E-state index is 12.3. The van der Waals surface area contributed by atoms with E-state index in [1.54, 1.807) is 0 Å². The predicted octanol–water partition coefficient (Wildman–Crippen LogP) is 3.38. The molecule has 1 amide bonds. The van der Waals surface area contributed by atoms with E-state index in [-0.39, 0.29) is 5.91 Å². The van der Waals surface area contributed by atoms with E-state index in [1.807, 2.05) is 37.5 Å². The number of pyridine rings is 2. The van der Waals surface area contributed by atoms with Gasteiger partial charge < -0.3 is 5.32 Å². The first kappa shape index (κ1) is 17.8. The molecule has 5 heteroatoms. The largest absolute Gasteiger partial charge is 0.355 e. The van der Waals surface area contributed by atoms with Gasteiger partial charge in [0.25, 0.3) is 0 Å². The van der Waals surface area contributed by atoms with E-state index in [0.717, 1.165) is 40.3 Å². The van der Waals surface area contributed by atoms with Crippen LogP contribution in [0.2, 0.25) is 0 Å². The molecule has 0 bridgehead atoms. The summed E-state index contributed by atoms with van der Waals surface area (Å²) in [6.07, 6.45) is 10.4. The van der Waals surface area contributed by atoms with Gasteiger partial charge in [-0.25, -0.2) is 0 Å². The molecule has 0 saturated heterocycles. The first-order chi connectivity index (χ1) is 13.2. The molecular weight excluding hydrogens is 336 g/mol. The van der Waals surface area contributed by atoms with Crippen LogP contribution < -0.4 is 5.32 Å². The second kappa shape index (κ2) is 7.99. The zero-order chi connectivity index (χ0) is 18.6. The monoisotopic (exact) mass is 362 g/mol. The van der Waals surface area contributed by atoms with Crippen LogP contribution in [0.25, 0.3) is 0 Å².